The van der Waals surface area contributed by atoms with Crippen LogP contribution in [-0.4, -0.2) is 65.2 Å². The Balaban J connectivity index is 1.99. The van der Waals surface area contributed by atoms with Crippen molar-refractivity contribution in [1.29, 1.82) is 0 Å². The van der Waals surface area contributed by atoms with E-state index >= 15 is 0 Å². The quantitative estimate of drug-likeness (QED) is 0.234. The predicted molar refractivity (Wildman–Crippen MR) is 159 cm³/mol. The van der Waals surface area contributed by atoms with Crippen LogP contribution in [0, 0.1) is 11.7 Å². The topological polar surface area (TPSA) is 147 Å². The van der Waals surface area contributed by atoms with E-state index in [0.29, 0.717) is 39.9 Å². The van der Waals surface area contributed by atoms with Crippen molar-refractivity contribution in [2.75, 3.05) is 26.0 Å². The summed E-state index contributed by atoms with van der Waals surface area (Å²) in [5, 5.41) is 17.2. The first kappa shape index (κ1) is 31.1. The molecular weight excluding hydrogens is 585 g/mol. The molecule has 222 valence electrons. The molecule has 0 aliphatic carbocycles. The van der Waals surface area contributed by atoms with Gasteiger partial charge in [-0.15, -0.1) is 0 Å². The maximum Gasteiger partial charge on any atom is 0.253 e. The van der Waals surface area contributed by atoms with E-state index in [9.17, 15) is 27.5 Å². The second-order valence-electron chi connectivity index (χ2n) is 10.3. The summed E-state index contributed by atoms with van der Waals surface area (Å²) in [6, 6.07) is 11.7. The van der Waals surface area contributed by atoms with Gasteiger partial charge in [-0.3, -0.25) is 9.59 Å². The number of sulfonamides is 1. The lowest BCUT2D eigenvalue weighted by molar-refractivity contribution is 0.0948. The molecule has 0 radical (unpaired) electrons. The number of amides is 2. The molecule has 10 nitrogen and oxygen atoms in total. The lowest BCUT2D eigenvalue weighted by atomic mass is 9.97. The Morgan fingerprint density at radius 3 is 2.43 bits per heavy atom. The Hall–Kier alpha value is -3.84. The van der Waals surface area contributed by atoms with Crippen LogP contribution in [0.5, 0.6) is 0 Å². The Labute approximate surface area is 247 Å². The zero-order valence-electron chi connectivity index (χ0n) is 23.3. The van der Waals surface area contributed by atoms with E-state index in [-0.39, 0.29) is 41.2 Å². The number of hydrogen-bond acceptors (Lipinski definition) is 6. The lowest BCUT2D eigenvalue weighted by Gasteiger charge is -2.21. The highest BCUT2D eigenvalue weighted by atomic mass is 35.5. The minimum Gasteiger partial charge on any atom is -0.395 e. The van der Waals surface area contributed by atoms with Gasteiger partial charge in [0.25, 0.3) is 11.8 Å². The second kappa shape index (κ2) is 12.6. The van der Waals surface area contributed by atoms with Gasteiger partial charge in [-0.05, 0) is 65.6 Å². The van der Waals surface area contributed by atoms with Crippen LogP contribution in [0.3, 0.4) is 0 Å². The van der Waals surface area contributed by atoms with Crippen LogP contribution in [0.15, 0.2) is 54.7 Å². The second-order valence-corrected chi connectivity index (χ2v) is 12.6. The van der Waals surface area contributed by atoms with Gasteiger partial charge in [-0.25, -0.2) is 17.3 Å². The summed E-state index contributed by atoms with van der Waals surface area (Å²) in [4.78, 5) is 25.6. The summed E-state index contributed by atoms with van der Waals surface area (Å²) in [7, 11) is -3.75. The third-order valence-corrected chi connectivity index (χ3v) is 8.15. The molecule has 0 fully saturated rings. The number of carbonyl (C=O) groups is 2. The summed E-state index contributed by atoms with van der Waals surface area (Å²) < 4.78 is 41.2. The van der Waals surface area contributed by atoms with Crippen LogP contribution < -0.4 is 11.1 Å². The molecule has 0 unspecified atom stereocenters. The molecule has 0 saturated heterocycles. The molecule has 4 aromatic rings. The summed E-state index contributed by atoms with van der Waals surface area (Å²) in [6.45, 7) is 3.63. The van der Waals surface area contributed by atoms with E-state index in [4.69, 9.17) is 17.3 Å². The molecule has 0 saturated carbocycles. The molecule has 2 heterocycles. The van der Waals surface area contributed by atoms with Gasteiger partial charge in [0, 0.05) is 47.5 Å². The van der Waals surface area contributed by atoms with Crippen LogP contribution in [0.4, 0.5) is 4.39 Å². The van der Waals surface area contributed by atoms with Gasteiger partial charge in [0.15, 0.2) is 0 Å². The lowest BCUT2D eigenvalue weighted by Crippen LogP contribution is -2.32. The summed E-state index contributed by atoms with van der Waals surface area (Å²) >= 11 is 6.64. The van der Waals surface area contributed by atoms with Gasteiger partial charge in [0.2, 0.25) is 10.0 Å². The number of rotatable bonds is 11. The molecule has 2 aromatic heterocycles. The molecule has 0 spiro atoms. The fraction of sp³-hybridized carbons (Fsp3) is 0.276. The van der Waals surface area contributed by atoms with Crippen LogP contribution in [-0.2, 0) is 16.6 Å². The normalized spacial score (nSPS) is 11.9. The molecule has 4 N–H and O–H groups in total. The van der Waals surface area contributed by atoms with Crippen molar-refractivity contribution < 1.29 is 27.5 Å². The summed E-state index contributed by atoms with van der Waals surface area (Å²) in [6.07, 6.45) is 2.57. The number of pyridine rings is 1. The van der Waals surface area contributed by atoms with Crippen molar-refractivity contribution in [2.45, 2.75) is 20.4 Å². The zero-order valence-corrected chi connectivity index (χ0v) is 24.8. The molecule has 0 atom stereocenters. The number of primary amides is 1. The summed E-state index contributed by atoms with van der Waals surface area (Å²) in [5.74, 6) is -1.34. The fourth-order valence-electron chi connectivity index (χ4n) is 4.50. The number of aliphatic hydroxyl groups excluding tert-OH is 1. The highest BCUT2D eigenvalue weighted by molar-refractivity contribution is 7.88. The maximum atomic E-state index is 13.6. The van der Waals surface area contributed by atoms with Gasteiger partial charge in [-0.1, -0.05) is 25.4 Å². The number of halogens is 2. The number of nitrogens with one attached hydrogen (secondary N) is 1. The fourth-order valence-corrected chi connectivity index (χ4v) is 5.50. The molecule has 2 amide bonds. The molecular formula is C29H31ClFN5O5S. The van der Waals surface area contributed by atoms with Gasteiger partial charge >= 0.3 is 0 Å². The molecule has 42 heavy (non-hydrogen) atoms. The third-order valence-electron chi connectivity index (χ3n) is 6.57. The number of aliphatic hydroxyl groups is 1. The SMILES string of the molecule is CC(C)CNC(=O)c1ccc(Cl)c(-c2cc3c(C(N)=O)c(-c4ccc(F)cc4)nn3cc2CN(CCO)S(C)(=O)=O)c1. The average Bonchev–Trinajstić information content (AvgIpc) is 3.30. The molecule has 2 aromatic carbocycles. The van der Waals surface area contributed by atoms with E-state index in [0.717, 1.165) is 10.6 Å². The minimum absolute atomic E-state index is 0.0617. The van der Waals surface area contributed by atoms with E-state index in [1.54, 1.807) is 30.5 Å². The van der Waals surface area contributed by atoms with E-state index in [1.807, 2.05) is 13.8 Å². The van der Waals surface area contributed by atoms with E-state index < -0.39 is 28.4 Å². The monoisotopic (exact) mass is 615 g/mol. The molecule has 0 aliphatic rings. The highest BCUT2D eigenvalue weighted by Crippen LogP contribution is 2.36. The van der Waals surface area contributed by atoms with Crippen LogP contribution >= 0.6 is 11.6 Å². The third kappa shape index (κ3) is 6.79. The van der Waals surface area contributed by atoms with Gasteiger partial charge in [0.05, 0.1) is 23.9 Å². The average molecular weight is 616 g/mol. The van der Waals surface area contributed by atoms with Crippen molar-refractivity contribution >= 4 is 39.0 Å². The minimum atomic E-state index is -3.75. The first-order chi connectivity index (χ1) is 19.8. The molecule has 13 heteroatoms. The van der Waals surface area contributed by atoms with Crippen molar-refractivity contribution in [3.05, 3.63) is 82.3 Å². The number of hydrogen-bond donors (Lipinski definition) is 3. The van der Waals surface area contributed by atoms with Crippen molar-refractivity contribution in [1.82, 2.24) is 19.2 Å². The predicted octanol–water partition coefficient (Wildman–Crippen LogP) is 3.70. The standard InChI is InChI=1S/C29H31ClFN5O5S/c1-17(2)14-33-29(39)19-6-9-24(30)23(12-19)22-13-25-26(28(32)38)27(18-4-7-21(31)8-5-18)34-36(25)16-20(22)15-35(10-11-37)42(3,40)41/h4-9,12-13,16-17,37H,10-11,14-15H2,1-3H3,(H2,32,38)(H,33,39). The Kier molecular flexibility index (Phi) is 9.31. The summed E-state index contributed by atoms with van der Waals surface area (Å²) in [5.41, 5.74) is 8.36. The van der Waals surface area contributed by atoms with Crippen LogP contribution in [0.2, 0.25) is 5.02 Å². The van der Waals surface area contributed by atoms with Gasteiger partial charge < -0.3 is 16.2 Å². The van der Waals surface area contributed by atoms with Crippen molar-refractivity contribution in [3.8, 4) is 22.4 Å². The van der Waals surface area contributed by atoms with Crippen LogP contribution in [0.1, 0.15) is 40.1 Å². The number of aromatic nitrogens is 2. The largest absolute Gasteiger partial charge is 0.395 e. The number of carbonyl (C=O) groups excluding carboxylic acids is 2. The van der Waals surface area contributed by atoms with Gasteiger partial charge in [0.1, 0.15) is 11.5 Å². The molecule has 4 rings (SSSR count). The Morgan fingerprint density at radius 2 is 1.83 bits per heavy atom. The Morgan fingerprint density at radius 1 is 1.14 bits per heavy atom. The zero-order chi connectivity index (χ0) is 30.8. The molecule has 0 bridgehead atoms. The first-order valence-corrected chi connectivity index (χ1v) is 15.3. The first-order valence-electron chi connectivity index (χ1n) is 13.0. The van der Waals surface area contributed by atoms with E-state index in [1.165, 1.54) is 28.8 Å². The van der Waals surface area contributed by atoms with Crippen molar-refractivity contribution in [3.63, 3.8) is 0 Å². The number of nitrogens with two attached hydrogens (primary N) is 1. The van der Waals surface area contributed by atoms with E-state index in [2.05, 4.69) is 10.4 Å². The number of fused-ring (bicyclic) bond motifs is 1. The van der Waals surface area contributed by atoms with Gasteiger partial charge in [-0.2, -0.15) is 9.40 Å². The highest BCUT2D eigenvalue weighted by Gasteiger charge is 2.25. The maximum absolute atomic E-state index is 13.6. The number of nitrogens with zero attached hydrogens (tertiary/aromatic N) is 3. The number of benzene rings is 2. The molecule has 0 aliphatic heterocycles. The van der Waals surface area contributed by atoms with Crippen LogP contribution in [0.25, 0.3) is 27.9 Å². The smallest absolute Gasteiger partial charge is 0.253 e. The van der Waals surface area contributed by atoms with Crippen molar-refractivity contribution in [2.24, 2.45) is 11.7 Å². The Bertz CT molecular complexity index is 1760.